The topological polar surface area (TPSA) is 101 Å². The molecule has 0 rings (SSSR count). The Kier molecular flexibility index (Phi) is 12.0. The van der Waals surface area contributed by atoms with E-state index in [4.69, 9.17) is 21.8 Å². The van der Waals surface area contributed by atoms with Crippen molar-refractivity contribution in [3.8, 4) is 0 Å². The van der Waals surface area contributed by atoms with Gasteiger partial charge in [-0.1, -0.05) is 13.5 Å². The lowest BCUT2D eigenvalue weighted by Gasteiger charge is -2.45. The molecule has 0 spiro atoms. The molecule has 0 aliphatic heterocycles. The first kappa shape index (κ1) is 31.4. The highest BCUT2D eigenvalue weighted by Crippen LogP contribution is 2.40. The molecule has 8 nitrogen and oxygen atoms in total. The zero-order valence-electron chi connectivity index (χ0n) is 21.8. The third kappa shape index (κ3) is 12.0. The fourth-order valence-electron chi connectivity index (χ4n) is 2.71. The molecule has 0 aromatic rings. The number of hydrogen-bond acceptors (Lipinski definition) is 8. The second-order valence-corrected chi connectivity index (χ2v) is 27.7. The van der Waals surface area contributed by atoms with Crippen LogP contribution in [-0.2, 0) is 31.4 Å². The van der Waals surface area contributed by atoms with Gasteiger partial charge >= 0.3 is 20.7 Å². The van der Waals surface area contributed by atoms with Crippen LogP contribution in [0.2, 0.25) is 64.5 Å². The molecule has 0 heterocycles. The Balaban J connectivity index is 6.76. The summed E-state index contributed by atoms with van der Waals surface area (Å²) in [6, 6.07) is 0. The van der Waals surface area contributed by atoms with Crippen LogP contribution in [0.1, 0.15) is 20.3 Å². The van der Waals surface area contributed by atoms with Crippen LogP contribution >= 0.6 is 0 Å². The Morgan fingerprint density at radius 3 is 1.56 bits per heavy atom. The van der Waals surface area contributed by atoms with Crippen molar-refractivity contribution in [1.29, 1.82) is 0 Å². The Morgan fingerprint density at radius 1 is 0.844 bits per heavy atom. The number of aliphatic hydroxyl groups is 1. The van der Waals surface area contributed by atoms with E-state index in [-0.39, 0.29) is 18.8 Å². The predicted octanol–water partition coefficient (Wildman–Crippen LogP) is 4.28. The number of ether oxygens (including phenoxy) is 2. The number of hydrogen-bond donors (Lipinski definition) is 1. The van der Waals surface area contributed by atoms with Gasteiger partial charge in [0.25, 0.3) is 0 Å². The molecule has 12 heteroatoms. The van der Waals surface area contributed by atoms with Crippen molar-refractivity contribution in [3.05, 3.63) is 12.2 Å². The van der Waals surface area contributed by atoms with Gasteiger partial charge in [0.15, 0.2) is 30.5 Å². The van der Waals surface area contributed by atoms with Crippen molar-refractivity contribution in [3.63, 3.8) is 0 Å². The van der Waals surface area contributed by atoms with Crippen LogP contribution in [0, 0.1) is 0 Å². The van der Waals surface area contributed by atoms with Crippen LogP contribution in [0.4, 0.5) is 0 Å². The molecular formula is C20H44O8Si4. The highest BCUT2D eigenvalue weighted by atomic mass is 28.5. The van der Waals surface area contributed by atoms with Crippen molar-refractivity contribution < 1.29 is 36.5 Å². The van der Waals surface area contributed by atoms with Gasteiger partial charge in [-0.05, 0) is 72.3 Å². The average molecular weight is 525 g/mol. The molecule has 0 aromatic heterocycles. The summed E-state index contributed by atoms with van der Waals surface area (Å²) in [6.45, 7) is 25.1. The Bertz CT molecular complexity index is 607. The van der Waals surface area contributed by atoms with Crippen molar-refractivity contribution in [2.75, 3.05) is 13.2 Å². The summed E-state index contributed by atoms with van der Waals surface area (Å²) in [5.41, 5.74) is -1.38. The van der Waals surface area contributed by atoms with Crippen molar-refractivity contribution in [2.45, 2.75) is 90.8 Å². The summed E-state index contributed by atoms with van der Waals surface area (Å²) in [7, 11) is -10.9. The third-order valence-electron chi connectivity index (χ3n) is 3.45. The summed E-state index contributed by atoms with van der Waals surface area (Å²) >= 11 is 0. The predicted molar refractivity (Wildman–Crippen MR) is 136 cm³/mol. The first-order chi connectivity index (χ1) is 14.2. The first-order valence-electron chi connectivity index (χ1n) is 11.0. The summed E-state index contributed by atoms with van der Waals surface area (Å²) in [6.07, 6.45) is -0.237. The minimum atomic E-state index is -3.88. The first-order valence-corrected chi connectivity index (χ1v) is 23.1. The van der Waals surface area contributed by atoms with E-state index in [1.807, 2.05) is 65.8 Å². The van der Waals surface area contributed by atoms with Crippen molar-refractivity contribution in [1.82, 2.24) is 0 Å². The van der Waals surface area contributed by atoms with Gasteiger partial charge in [-0.15, -0.1) is 0 Å². The van der Waals surface area contributed by atoms with Crippen LogP contribution in [-0.4, -0.2) is 70.1 Å². The third-order valence-corrected chi connectivity index (χ3v) is 15.5. The molecule has 0 saturated carbocycles. The van der Waals surface area contributed by atoms with Crippen LogP contribution in [0.5, 0.6) is 0 Å². The SMILES string of the molecule is C=C(C(=O)OCC(C)O)C(C(=O)OCCC)[Si](O[Si](C)(C)C)(O[Si](C)(C)C)O[Si](C)(C)C. The average Bonchev–Trinajstić information content (AvgIpc) is 2.52. The molecule has 0 bridgehead atoms. The van der Waals surface area contributed by atoms with E-state index in [9.17, 15) is 14.7 Å². The van der Waals surface area contributed by atoms with E-state index < -0.39 is 57.3 Å². The molecular weight excluding hydrogens is 481 g/mol. The number of esters is 2. The summed E-state index contributed by atoms with van der Waals surface area (Å²) in [5.74, 6) is -1.47. The van der Waals surface area contributed by atoms with Crippen LogP contribution in [0.15, 0.2) is 12.2 Å². The van der Waals surface area contributed by atoms with Crippen LogP contribution in [0.25, 0.3) is 0 Å². The summed E-state index contributed by atoms with van der Waals surface area (Å²) in [4.78, 5) is 26.3. The van der Waals surface area contributed by atoms with E-state index in [0.717, 1.165) is 0 Å². The molecule has 0 radical (unpaired) electrons. The molecule has 0 saturated heterocycles. The fraction of sp³-hybridized carbons (Fsp3) is 0.800. The second-order valence-electron chi connectivity index (χ2n) is 10.8. The van der Waals surface area contributed by atoms with Gasteiger partial charge in [-0.3, -0.25) is 4.79 Å². The lowest BCUT2D eigenvalue weighted by atomic mass is 10.2. The van der Waals surface area contributed by atoms with E-state index in [1.54, 1.807) is 0 Å². The Hall–Kier alpha value is -0.612. The lowest BCUT2D eigenvalue weighted by molar-refractivity contribution is -0.148. The monoisotopic (exact) mass is 524 g/mol. The van der Waals surface area contributed by atoms with E-state index in [1.165, 1.54) is 6.92 Å². The van der Waals surface area contributed by atoms with Gasteiger partial charge < -0.3 is 26.9 Å². The zero-order chi connectivity index (χ0) is 25.5. The van der Waals surface area contributed by atoms with Crippen molar-refractivity contribution >= 4 is 45.7 Å². The molecule has 0 amide bonds. The Labute approximate surface area is 198 Å². The van der Waals surface area contributed by atoms with Crippen LogP contribution in [0.3, 0.4) is 0 Å². The molecule has 2 unspecified atom stereocenters. The molecule has 0 aromatic carbocycles. The second kappa shape index (κ2) is 12.2. The summed E-state index contributed by atoms with van der Waals surface area (Å²) in [5, 5.41) is 9.52. The maximum Gasteiger partial charge on any atom is 0.489 e. The number of aliphatic hydroxyl groups excluding tert-OH is 1. The molecule has 0 aliphatic rings. The molecule has 32 heavy (non-hydrogen) atoms. The minimum Gasteiger partial charge on any atom is -0.465 e. The molecule has 1 N–H and O–H groups in total. The zero-order valence-corrected chi connectivity index (χ0v) is 25.8. The lowest BCUT2D eigenvalue weighted by Crippen LogP contribution is -2.65. The van der Waals surface area contributed by atoms with Crippen molar-refractivity contribution in [2.24, 2.45) is 0 Å². The van der Waals surface area contributed by atoms with Crippen LogP contribution < -0.4 is 0 Å². The van der Waals surface area contributed by atoms with E-state index >= 15 is 0 Å². The highest BCUT2D eigenvalue weighted by Gasteiger charge is 2.61. The molecule has 0 aliphatic carbocycles. The molecule has 0 fully saturated rings. The van der Waals surface area contributed by atoms with E-state index in [2.05, 4.69) is 6.58 Å². The number of carbonyl (C=O) groups excluding carboxylic acids is 2. The van der Waals surface area contributed by atoms with Gasteiger partial charge in [-0.25, -0.2) is 4.79 Å². The van der Waals surface area contributed by atoms with E-state index in [0.29, 0.717) is 6.42 Å². The maximum absolute atomic E-state index is 13.4. The maximum atomic E-state index is 13.4. The number of rotatable bonds is 14. The van der Waals surface area contributed by atoms with Gasteiger partial charge in [0, 0.05) is 5.57 Å². The fourth-order valence-corrected chi connectivity index (χ4v) is 16.9. The smallest absolute Gasteiger partial charge is 0.465 e. The molecule has 2 atom stereocenters. The van der Waals surface area contributed by atoms with Gasteiger partial charge in [0.2, 0.25) is 0 Å². The largest absolute Gasteiger partial charge is 0.489 e. The van der Waals surface area contributed by atoms with Gasteiger partial charge in [-0.2, -0.15) is 0 Å². The Morgan fingerprint density at radius 2 is 1.25 bits per heavy atom. The number of carbonyl (C=O) groups is 2. The standard InChI is InChI=1S/C20H44O8Si4/c1-13-14-24-20(23)18(17(3)19(22)25-15-16(2)21)32(26-29(4,5)6,27-30(7,8)9)28-31(10,11)12/h16,18,21H,3,13-15H2,1-2,4-12H3. The quantitative estimate of drug-likeness (QED) is 0.204. The minimum absolute atomic E-state index is 0.131. The normalized spacial score (nSPS) is 15.1. The molecule has 188 valence electrons. The van der Waals surface area contributed by atoms with Gasteiger partial charge in [0.1, 0.15) is 6.61 Å². The highest BCUT2D eigenvalue weighted by molar-refractivity contribution is 6.92. The summed E-state index contributed by atoms with van der Waals surface area (Å²) < 4.78 is 30.5. The van der Waals surface area contributed by atoms with Gasteiger partial charge in [0.05, 0.1) is 12.7 Å².